The van der Waals surface area contributed by atoms with E-state index in [0.717, 1.165) is 36.4 Å². The minimum absolute atomic E-state index is 0.448. The van der Waals surface area contributed by atoms with Crippen molar-refractivity contribution in [2.24, 2.45) is 5.73 Å². The second-order valence-corrected chi connectivity index (χ2v) is 4.78. The number of nitrogens with zero attached hydrogens (tertiary/aromatic N) is 2. The highest BCUT2D eigenvalue weighted by atomic mass is 16.4. The first-order valence-electron chi connectivity index (χ1n) is 6.37. The first-order chi connectivity index (χ1) is 9.10. The van der Waals surface area contributed by atoms with E-state index in [9.17, 15) is 4.79 Å². The molecule has 1 aromatic rings. The quantitative estimate of drug-likeness (QED) is 0.692. The van der Waals surface area contributed by atoms with Gasteiger partial charge >= 0.3 is 6.09 Å². The van der Waals surface area contributed by atoms with E-state index in [1.54, 1.807) is 0 Å². The standard InChI is InChI=1S/C13H20N4O2/c14-8-11-2-1-10(7-12(11)15)9-16-3-5-17(6-4-16)13(18)19/h1-2,7H,3-6,8-9,14-15H2,(H,18,19). The average Bonchev–Trinajstić information content (AvgIpc) is 2.39. The number of piperazine rings is 1. The Labute approximate surface area is 112 Å². The average molecular weight is 264 g/mol. The highest BCUT2D eigenvalue weighted by Crippen LogP contribution is 2.16. The number of benzene rings is 1. The van der Waals surface area contributed by atoms with Gasteiger partial charge in [-0.25, -0.2) is 4.79 Å². The number of hydrogen-bond acceptors (Lipinski definition) is 4. The minimum Gasteiger partial charge on any atom is -0.465 e. The van der Waals surface area contributed by atoms with E-state index in [2.05, 4.69) is 4.90 Å². The van der Waals surface area contributed by atoms with E-state index in [-0.39, 0.29) is 0 Å². The predicted molar refractivity (Wildman–Crippen MR) is 73.6 cm³/mol. The van der Waals surface area contributed by atoms with Crippen molar-refractivity contribution in [2.75, 3.05) is 31.9 Å². The number of nitrogens with two attached hydrogens (primary N) is 2. The molecule has 6 heteroatoms. The van der Waals surface area contributed by atoms with Crippen molar-refractivity contribution >= 4 is 11.8 Å². The van der Waals surface area contributed by atoms with Gasteiger partial charge in [0.1, 0.15) is 0 Å². The number of hydrogen-bond donors (Lipinski definition) is 3. The summed E-state index contributed by atoms with van der Waals surface area (Å²) >= 11 is 0. The van der Waals surface area contributed by atoms with Crippen LogP contribution < -0.4 is 11.5 Å². The minimum atomic E-state index is -0.837. The van der Waals surface area contributed by atoms with Crippen LogP contribution in [-0.2, 0) is 13.1 Å². The van der Waals surface area contributed by atoms with Crippen molar-refractivity contribution < 1.29 is 9.90 Å². The van der Waals surface area contributed by atoms with E-state index in [1.807, 2.05) is 18.2 Å². The van der Waals surface area contributed by atoms with Crippen molar-refractivity contribution in [3.05, 3.63) is 29.3 Å². The van der Waals surface area contributed by atoms with Gasteiger partial charge in [0, 0.05) is 45.0 Å². The van der Waals surface area contributed by atoms with Crippen LogP contribution in [0.25, 0.3) is 0 Å². The van der Waals surface area contributed by atoms with Gasteiger partial charge in [-0.15, -0.1) is 0 Å². The van der Waals surface area contributed by atoms with Crippen molar-refractivity contribution in [1.82, 2.24) is 9.80 Å². The third-order valence-corrected chi connectivity index (χ3v) is 3.48. The summed E-state index contributed by atoms with van der Waals surface area (Å²) in [6, 6.07) is 5.94. The van der Waals surface area contributed by atoms with Gasteiger partial charge in [0.25, 0.3) is 0 Å². The van der Waals surface area contributed by atoms with E-state index in [0.29, 0.717) is 19.6 Å². The van der Waals surface area contributed by atoms with Gasteiger partial charge in [0.15, 0.2) is 0 Å². The molecular formula is C13H20N4O2. The van der Waals surface area contributed by atoms with E-state index < -0.39 is 6.09 Å². The van der Waals surface area contributed by atoms with Crippen molar-refractivity contribution in [3.63, 3.8) is 0 Å². The number of amides is 1. The van der Waals surface area contributed by atoms with Crippen LogP contribution in [0, 0.1) is 0 Å². The maximum absolute atomic E-state index is 10.8. The van der Waals surface area contributed by atoms with E-state index in [4.69, 9.17) is 16.6 Å². The number of nitrogen functional groups attached to an aromatic ring is 1. The number of carboxylic acid groups (broad SMARTS) is 1. The second kappa shape index (κ2) is 5.90. The lowest BCUT2D eigenvalue weighted by molar-refractivity contribution is 0.103. The molecule has 104 valence electrons. The Bertz CT molecular complexity index is 456. The number of rotatable bonds is 3. The summed E-state index contributed by atoms with van der Waals surface area (Å²) < 4.78 is 0. The summed E-state index contributed by atoms with van der Waals surface area (Å²) in [5.74, 6) is 0. The molecule has 1 aliphatic rings. The Balaban J connectivity index is 1.92. The molecule has 5 N–H and O–H groups in total. The van der Waals surface area contributed by atoms with Crippen molar-refractivity contribution in [1.29, 1.82) is 0 Å². The summed E-state index contributed by atoms with van der Waals surface area (Å²) in [4.78, 5) is 14.5. The van der Waals surface area contributed by atoms with Gasteiger partial charge in [-0.05, 0) is 17.2 Å². The molecule has 1 fully saturated rings. The zero-order valence-corrected chi connectivity index (χ0v) is 10.9. The summed E-state index contributed by atoms with van der Waals surface area (Å²) in [6.07, 6.45) is -0.837. The zero-order valence-electron chi connectivity index (χ0n) is 10.9. The smallest absolute Gasteiger partial charge is 0.407 e. The highest BCUT2D eigenvalue weighted by Gasteiger charge is 2.20. The highest BCUT2D eigenvalue weighted by molar-refractivity contribution is 5.65. The van der Waals surface area contributed by atoms with Gasteiger partial charge in [0.2, 0.25) is 0 Å². The molecule has 1 aliphatic heterocycles. The van der Waals surface area contributed by atoms with Crippen molar-refractivity contribution in [3.8, 4) is 0 Å². The molecular weight excluding hydrogens is 244 g/mol. The molecule has 1 heterocycles. The molecule has 1 saturated heterocycles. The molecule has 0 aromatic heterocycles. The Kier molecular flexibility index (Phi) is 4.24. The van der Waals surface area contributed by atoms with Crippen molar-refractivity contribution in [2.45, 2.75) is 13.1 Å². The van der Waals surface area contributed by atoms with Gasteiger partial charge < -0.3 is 21.5 Å². The molecule has 0 spiro atoms. The third-order valence-electron chi connectivity index (χ3n) is 3.48. The first kappa shape index (κ1) is 13.6. The molecule has 1 amide bonds. The lowest BCUT2D eigenvalue weighted by Gasteiger charge is -2.33. The van der Waals surface area contributed by atoms with E-state index >= 15 is 0 Å². The normalized spacial score (nSPS) is 16.6. The molecule has 2 rings (SSSR count). The van der Waals surface area contributed by atoms with Crippen LogP contribution >= 0.6 is 0 Å². The fourth-order valence-electron chi connectivity index (χ4n) is 2.28. The lowest BCUT2D eigenvalue weighted by Crippen LogP contribution is -2.47. The molecule has 0 unspecified atom stereocenters. The summed E-state index contributed by atoms with van der Waals surface area (Å²) in [5, 5.41) is 8.89. The van der Waals surface area contributed by atoms with Crippen LogP contribution in [0.15, 0.2) is 18.2 Å². The SMILES string of the molecule is NCc1ccc(CN2CCN(C(=O)O)CC2)cc1N. The van der Waals surface area contributed by atoms with Crippen LogP contribution in [0.3, 0.4) is 0 Å². The molecule has 0 saturated carbocycles. The maximum atomic E-state index is 10.8. The second-order valence-electron chi connectivity index (χ2n) is 4.78. The van der Waals surface area contributed by atoms with Crippen LogP contribution in [0.2, 0.25) is 0 Å². The fraction of sp³-hybridized carbons (Fsp3) is 0.462. The number of anilines is 1. The molecule has 0 aliphatic carbocycles. The largest absolute Gasteiger partial charge is 0.465 e. The van der Waals surface area contributed by atoms with Crippen LogP contribution in [0.5, 0.6) is 0 Å². The van der Waals surface area contributed by atoms with Gasteiger partial charge in [0.05, 0.1) is 0 Å². The lowest BCUT2D eigenvalue weighted by atomic mass is 10.1. The van der Waals surface area contributed by atoms with Crippen LogP contribution in [0.4, 0.5) is 10.5 Å². The monoisotopic (exact) mass is 264 g/mol. The third kappa shape index (κ3) is 3.36. The Morgan fingerprint density at radius 3 is 2.47 bits per heavy atom. The van der Waals surface area contributed by atoms with E-state index in [1.165, 1.54) is 4.90 Å². The zero-order chi connectivity index (χ0) is 13.8. The maximum Gasteiger partial charge on any atom is 0.407 e. The molecule has 0 radical (unpaired) electrons. The topological polar surface area (TPSA) is 95.8 Å². The summed E-state index contributed by atoms with van der Waals surface area (Å²) in [7, 11) is 0. The van der Waals surface area contributed by atoms with Crippen LogP contribution in [-0.4, -0.2) is 47.2 Å². The molecule has 0 bridgehead atoms. The van der Waals surface area contributed by atoms with Gasteiger partial charge in [-0.3, -0.25) is 4.90 Å². The van der Waals surface area contributed by atoms with Gasteiger partial charge in [-0.2, -0.15) is 0 Å². The van der Waals surface area contributed by atoms with Gasteiger partial charge in [-0.1, -0.05) is 12.1 Å². The van der Waals surface area contributed by atoms with Crippen LogP contribution in [0.1, 0.15) is 11.1 Å². The number of carbonyl (C=O) groups is 1. The Morgan fingerprint density at radius 1 is 1.26 bits per heavy atom. The first-order valence-corrected chi connectivity index (χ1v) is 6.37. The Morgan fingerprint density at radius 2 is 1.95 bits per heavy atom. The molecule has 6 nitrogen and oxygen atoms in total. The predicted octanol–water partition coefficient (Wildman–Crippen LogP) is 0.523. The molecule has 0 atom stereocenters. The summed E-state index contributed by atoms with van der Waals surface area (Å²) in [5.41, 5.74) is 14.3. The Hall–Kier alpha value is -1.79. The fourth-order valence-corrected chi connectivity index (χ4v) is 2.28. The summed E-state index contributed by atoms with van der Waals surface area (Å²) in [6.45, 7) is 3.87. The molecule has 1 aromatic carbocycles. The molecule has 19 heavy (non-hydrogen) atoms.